The maximum atomic E-state index is 13.2. The molecular weight excluding hydrogens is 362 g/mol. The average molecular weight is 386 g/mol. The largest absolute Gasteiger partial charge is 0.493 e. The van der Waals surface area contributed by atoms with Gasteiger partial charge in [-0.1, -0.05) is 18.2 Å². The molecule has 0 aromatic heterocycles. The van der Waals surface area contributed by atoms with Crippen molar-refractivity contribution in [3.8, 4) is 16.9 Å². The standard InChI is InChI=1S/C23H24F2O3/c1-13-4-8-17(14-5-6-14)22(21(13)18(23(26)27)12-20(24)25)16-7-9-19-15(11-16)3-2-10-28-19/h4,7-9,11,14,18,20H,2-3,5-6,10,12H2,1H3,(H,26,27). The molecular formula is C23H24F2O3. The minimum absolute atomic E-state index is 0.377. The number of carboxylic acid groups (broad SMARTS) is 1. The van der Waals surface area contributed by atoms with Gasteiger partial charge >= 0.3 is 5.97 Å². The fraction of sp³-hybridized carbons (Fsp3) is 0.435. The summed E-state index contributed by atoms with van der Waals surface area (Å²) in [5, 5.41) is 9.76. The summed E-state index contributed by atoms with van der Waals surface area (Å²) in [5.74, 6) is -1.18. The van der Waals surface area contributed by atoms with Gasteiger partial charge in [-0.2, -0.15) is 0 Å². The van der Waals surface area contributed by atoms with Crippen LogP contribution >= 0.6 is 0 Å². The summed E-state index contributed by atoms with van der Waals surface area (Å²) in [5.41, 5.74) is 5.21. The van der Waals surface area contributed by atoms with Crippen molar-refractivity contribution in [2.24, 2.45) is 0 Å². The average Bonchev–Trinajstić information content (AvgIpc) is 3.50. The predicted octanol–water partition coefficient (Wildman–Crippen LogP) is 5.69. The predicted molar refractivity (Wildman–Crippen MR) is 103 cm³/mol. The van der Waals surface area contributed by atoms with Crippen LogP contribution in [0.5, 0.6) is 5.75 Å². The summed E-state index contributed by atoms with van der Waals surface area (Å²) in [6.45, 7) is 2.52. The van der Waals surface area contributed by atoms with Crippen molar-refractivity contribution in [1.82, 2.24) is 0 Å². The molecule has 4 rings (SSSR count). The van der Waals surface area contributed by atoms with Crippen LogP contribution in [0.2, 0.25) is 0 Å². The van der Waals surface area contributed by atoms with Crippen LogP contribution in [0.15, 0.2) is 30.3 Å². The number of ether oxygens (including phenoxy) is 1. The Morgan fingerprint density at radius 1 is 1.25 bits per heavy atom. The molecule has 0 bridgehead atoms. The van der Waals surface area contributed by atoms with E-state index in [1.807, 2.05) is 31.2 Å². The number of carbonyl (C=O) groups is 1. The van der Waals surface area contributed by atoms with E-state index in [2.05, 4.69) is 6.07 Å². The molecule has 0 saturated heterocycles. The van der Waals surface area contributed by atoms with Gasteiger partial charge in [-0.05, 0) is 84.0 Å². The second kappa shape index (κ2) is 7.53. The SMILES string of the molecule is Cc1ccc(C2CC2)c(-c2ccc3c(c2)CCCO3)c1C(CC(F)F)C(=O)O. The smallest absolute Gasteiger partial charge is 0.311 e. The highest BCUT2D eigenvalue weighted by Crippen LogP contribution is 2.48. The number of rotatable bonds is 6. The van der Waals surface area contributed by atoms with Crippen LogP contribution in [0.1, 0.15) is 59.8 Å². The van der Waals surface area contributed by atoms with Gasteiger partial charge in [0, 0.05) is 6.42 Å². The first-order valence-electron chi connectivity index (χ1n) is 9.86. The molecule has 1 heterocycles. The van der Waals surface area contributed by atoms with Crippen molar-refractivity contribution in [2.75, 3.05) is 6.61 Å². The third-order valence-corrected chi connectivity index (χ3v) is 5.77. The minimum Gasteiger partial charge on any atom is -0.493 e. The van der Waals surface area contributed by atoms with Crippen LogP contribution in [-0.2, 0) is 11.2 Å². The van der Waals surface area contributed by atoms with Gasteiger partial charge in [0.1, 0.15) is 5.75 Å². The van der Waals surface area contributed by atoms with E-state index in [0.717, 1.165) is 59.3 Å². The van der Waals surface area contributed by atoms with E-state index in [0.29, 0.717) is 18.1 Å². The summed E-state index contributed by atoms with van der Waals surface area (Å²) in [6.07, 6.45) is 0.602. The van der Waals surface area contributed by atoms with E-state index < -0.39 is 24.7 Å². The van der Waals surface area contributed by atoms with Gasteiger partial charge in [0.25, 0.3) is 0 Å². The van der Waals surface area contributed by atoms with Crippen LogP contribution in [0, 0.1) is 6.92 Å². The molecule has 2 aromatic carbocycles. The first-order valence-corrected chi connectivity index (χ1v) is 9.86. The molecule has 0 spiro atoms. The third-order valence-electron chi connectivity index (χ3n) is 5.77. The Labute approximate surface area is 163 Å². The molecule has 1 fully saturated rings. The highest BCUT2D eigenvalue weighted by atomic mass is 19.3. The maximum absolute atomic E-state index is 13.2. The molecule has 3 nitrogen and oxygen atoms in total. The Morgan fingerprint density at radius 3 is 2.71 bits per heavy atom. The number of carboxylic acids is 1. The number of aryl methyl sites for hydroxylation is 2. The topological polar surface area (TPSA) is 46.5 Å². The molecule has 2 aromatic rings. The van der Waals surface area contributed by atoms with Crippen LogP contribution in [0.3, 0.4) is 0 Å². The number of fused-ring (bicyclic) bond motifs is 1. The fourth-order valence-corrected chi connectivity index (χ4v) is 4.28. The lowest BCUT2D eigenvalue weighted by Crippen LogP contribution is -2.18. The van der Waals surface area contributed by atoms with Gasteiger partial charge in [0.15, 0.2) is 0 Å². The summed E-state index contributed by atoms with van der Waals surface area (Å²) >= 11 is 0. The Kier molecular flexibility index (Phi) is 5.09. The molecule has 1 unspecified atom stereocenters. The van der Waals surface area contributed by atoms with Crippen molar-refractivity contribution in [2.45, 2.75) is 57.3 Å². The second-order valence-corrected chi connectivity index (χ2v) is 7.83. The Hall–Kier alpha value is -2.43. The summed E-state index contributed by atoms with van der Waals surface area (Å²) < 4.78 is 32.1. The van der Waals surface area contributed by atoms with Crippen molar-refractivity contribution in [1.29, 1.82) is 0 Å². The second-order valence-electron chi connectivity index (χ2n) is 7.83. The molecule has 0 radical (unpaired) electrons. The van der Waals surface area contributed by atoms with Gasteiger partial charge in [-0.3, -0.25) is 4.79 Å². The molecule has 1 N–H and O–H groups in total. The van der Waals surface area contributed by atoms with E-state index in [1.54, 1.807) is 0 Å². The monoisotopic (exact) mass is 386 g/mol. The normalized spacial score (nSPS) is 17.1. The number of alkyl halides is 2. The molecule has 1 atom stereocenters. The van der Waals surface area contributed by atoms with Crippen LogP contribution in [0.25, 0.3) is 11.1 Å². The van der Waals surface area contributed by atoms with Crippen LogP contribution in [-0.4, -0.2) is 24.1 Å². The highest BCUT2D eigenvalue weighted by Gasteiger charge is 2.33. The summed E-state index contributed by atoms with van der Waals surface area (Å²) in [6, 6.07) is 9.85. The van der Waals surface area contributed by atoms with Gasteiger partial charge in [0.2, 0.25) is 6.43 Å². The number of hydrogen-bond donors (Lipinski definition) is 1. The zero-order valence-electron chi connectivity index (χ0n) is 15.9. The lowest BCUT2D eigenvalue weighted by molar-refractivity contribution is -0.139. The quantitative estimate of drug-likeness (QED) is 0.694. The number of aliphatic carboxylic acids is 1. The van der Waals surface area contributed by atoms with Crippen molar-refractivity contribution in [3.05, 3.63) is 52.6 Å². The Bertz CT molecular complexity index is 903. The van der Waals surface area contributed by atoms with E-state index in [9.17, 15) is 18.7 Å². The van der Waals surface area contributed by atoms with Gasteiger partial charge in [0.05, 0.1) is 12.5 Å². The molecule has 28 heavy (non-hydrogen) atoms. The molecule has 1 aliphatic heterocycles. The fourth-order valence-electron chi connectivity index (χ4n) is 4.28. The van der Waals surface area contributed by atoms with E-state index in [4.69, 9.17) is 4.74 Å². The molecule has 148 valence electrons. The molecule has 1 saturated carbocycles. The minimum atomic E-state index is -2.67. The van der Waals surface area contributed by atoms with Crippen molar-refractivity contribution >= 4 is 5.97 Å². The van der Waals surface area contributed by atoms with Crippen LogP contribution in [0.4, 0.5) is 8.78 Å². The van der Waals surface area contributed by atoms with Gasteiger partial charge in [-0.15, -0.1) is 0 Å². The van der Waals surface area contributed by atoms with E-state index >= 15 is 0 Å². The summed E-state index contributed by atoms with van der Waals surface area (Å²) in [4.78, 5) is 11.9. The Balaban J connectivity index is 1.91. The van der Waals surface area contributed by atoms with Gasteiger partial charge < -0.3 is 9.84 Å². The zero-order chi connectivity index (χ0) is 19.8. The molecule has 5 heteroatoms. The van der Waals surface area contributed by atoms with E-state index in [1.165, 1.54) is 0 Å². The molecule has 1 aliphatic carbocycles. The van der Waals surface area contributed by atoms with Crippen LogP contribution < -0.4 is 4.74 Å². The zero-order valence-corrected chi connectivity index (χ0v) is 15.9. The maximum Gasteiger partial charge on any atom is 0.311 e. The number of benzene rings is 2. The lowest BCUT2D eigenvalue weighted by atomic mass is 9.81. The first kappa shape index (κ1) is 18.9. The third kappa shape index (κ3) is 3.62. The molecule has 2 aliphatic rings. The summed E-state index contributed by atoms with van der Waals surface area (Å²) in [7, 11) is 0. The first-order chi connectivity index (χ1) is 13.5. The van der Waals surface area contributed by atoms with Gasteiger partial charge in [-0.25, -0.2) is 8.78 Å². The Morgan fingerprint density at radius 2 is 2.04 bits per heavy atom. The van der Waals surface area contributed by atoms with Crippen molar-refractivity contribution < 1.29 is 23.4 Å². The molecule has 0 amide bonds. The lowest BCUT2D eigenvalue weighted by Gasteiger charge is -2.24. The van der Waals surface area contributed by atoms with E-state index in [-0.39, 0.29) is 0 Å². The number of halogens is 2. The van der Waals surface area contributed by atoms with Crippen molar-refractivity contribution in [3.63, 3.8) is 0 Å². The number of hydrogen-bond acceptors (Lipinski definition) is 2. The highest BCUT2D eigenvalue weighted by molar-refractivity contribution is 5.84.